The van der Waals surface area contributed by atoms with E-state index < -0.39 is 0 Å². The summed E-state index contributed by atoms with van der Waals surface area (Å²) in [6.45, 7) is 6.85. The van der Waals surface area contributed by atoms with Crippen LogP contribution in [-0.2, 0) is 0 Å². The zero-order chi connectivity index (χ0) is 17.9. The van der Waals surface area contributed by atoms with Gasteiger partial charge in [-0.25, -0.2) is 0 Å². The largest absolute Gasteiger partial charge is 0.457 e. The van der Waals surface area contributed by atoms with Crippen LogP contribution in [0.1, 0.15) is 50.4 Å². The molecule has 0 bridgehead atoms. The highest BCUT2D eigenvalue weighted by Gasteiger charge is 2.32. The van der Waals surface area contributed by atoms with E-state index in [4.69, 9.17) is 4.74 Å². The van der Waals surface area contributed by atoms with E-state index >= 15 is 0 Å². The van der Waals surface area contributed by atoms with Crippen LogP contribution in [-0.4, -0.2) is 11.9 Å². The Morgan fingerprint density at radius 1 is 1.00 bits per heavy atom. The number of hydrogen-bond donors (Lipinski definition) is 1. The fourth-order valence-electron chi connectivity index (χ4n) is 4.02. The molecule has 1 fully saturated rings. The number of amides is 1. The zero-order valence-corrected chi connectivity index (χ0v) is 15.3. The van der Waals surface area contributed by atoms with Crippen molar-refractivity contribution in [2.45, 2.75) is 46.1 Å². The minimum absolute atomic E-state index is 0.00108. The average Bonchev–Trinajstić information content (AvgIpc) is 2.54. The van der Waals surface area contributed by atoms with E-state index in [1.54, 1.807) is 0 Å². The Balaban J connectivity index is 1.61. The van der Waals surface area contributed by atoms with Gasteiger partial charge in [0.1, 0.15) is 11.5 Å². The third-order valence-electron chi connectivity index (χ3n) is 4.82. The molecule has 3 heteroatoms. The highest BCUT2D eigenvalue weighted by atomic mass is 16.5. The van der Waals surface area contributed by atoms with Crippen LogP contribution in [0.25, 0.3) is 0 Å². The first-order chi connectivity index (χ1) is 11.9. The fourth-order valence-corrected chi connectivity index (χ4v) is 4.02. The first kappa shape index (κ1) is 17.5. The van der Waals surface area contributed by atoms with Crippen LogP contribution in [0.5, 0.6) is 11.5 Å². The first-order valence-electron chi connectivity index (χ1n) is 9.05. The molecule has 2 aromatic rings. The molecule has 2 aromatic carbocycles. The second kappa shape index (κ2) is 7.30. The number of ether oxygens (including phenoxy) is 1. The topological polar surface area (TPSA) is 38.3 Å². The van der Waals surface area contributed by atoms with Gasteiger partial charge >= 0.3 is 0 Å². The van der Waals surface area contributed by atoms with Crippen molar-refractivity contribution >= 4 is 5.91 Å². The van der Waals surface area contributed by atoms with E-state index in [2.05, 4.69) is 26.1 Å². The highest BCUT2D eigenvalue weighted by Crippen LogP contribution is 2.38. The van der Waals surface area contributed by atoms with Crippen LogP contribution in [0.2, 0.25) is 0 Å². The molecule has 0 aromatic heterocycles. The molecule has 0 unspecified atom stereocenters. The molecular weight excluding hydrogens is 310 g/mol. The van der Waals surface area contributed by atoms with Gasteiger partial charge < -0.3 is 10.1 Å². The predicted octanol–water partition coefficient (Wildman–Crippen LogP) is 5.42. The average molecular weight is 337 g/mol. The van der Waals surface area contributed by atoms with E-state index in [0.717, 1.165) is 24.3 Å². The number of rotatable bonds is 4. The zero-order valence-electron chi connectivity index (χ0n) is 15.3. The maximum absolute atomic E-state index is 12.5. The SMILES string of the molecule is C[C@@H]1C[C@H](NC(=O)c2ccc(Oc3ccccc3)cc2)CC(C)(C)C1. The lowest BCUT2D eigenvalue weighted by Gasteiger charge is -2.39. The smallest absolute Gasteiger partial charge is 0.251 e. The summed E-state index contributed by atoms with van der Waals surface area (Å²) in [7, 11) is 0. The number of carbonyl (C=O) groups is 1. The number of nitrogens with one attached hydrogen (secondary N) is 1. The summed E-state index contributed by atoms with van der Waals surface area (Å²) in [5.74, 6) is 2.17. The molecule has 1 aliphatic carbocycles. The fraction of sp³-hybridized carbons (Fsp3) is 0.409. The molecule has 1 N–H and O–H groups in total. The monoisotopic (exact) mass is 337 g/mol. The van der Waals surface area contributed by atoms with E-state index in [1.807, 2.05) is 54.6 Å². The molecule has 0 radical (unpaired) electrons. The van der Waals surface area contributed by atoms with E-state index in [1.165, 1.54) is 6.42 Å². The molecule has 1 saturated carbocycles. The molecule has 132 valence electrons. The molecule has 1 aliphatic rings. The second-order valence-electron chi connectivity index (χ2n) is 8.02. The minimum Gasteiger partial charge on any atom is -0.457 e. The predicted molar refractivity (Wildman–Crippen MR) is 101 cm³/mol. The van der Waals surface area contributed by atoms with Gasteiger partial charge in [-0.15, -0.1) is 0 Å². The Bertz CT molecular complexity index is 707. The molecule has 0 heterocycles. The standard InChI is InChI=1S/C22H27NO2/c1-16-13-18(15-22(2,3)14-16)23-21(24)17-9-11-20(12-10-17)25-19-7-5-4-6-8-19/h4-12,16,18H,13-15H2,1-3H3,(H,23,24)/t16-,18+/m1/s1. The van der Waals surface area contributed by atoms with E-state index in [0.29, 0.717) is 16.9 Å². The molecule has 25 heavy (non-hydrogen) atoms. The molecule has 1 amide bonds. The maximum atomic E-state index is 12.5. The number of hydrogen-bond acceptors (Lipinski definition) is 2. The van der Waals surface area contributed by atoms with Crippen molar-refractivity contribution < 1.29 is 9.53 Å². The lowest BCUT2D eigenvalue weighted by Crippen LogP contribution is -2.42. The van der Waals surface area contributed by atoms with Crippen molar-refractivity contribution in [3.63, 3.8) is 0 Å². The van der Waals surface area contributed by atoms with Gasteiger partial charge in [-0.3, -0.25) is 4.79 Å². The van der Waals surface area contributed by atoms with Crippen LogP contribution in [0.4, 0.5) is 0 Å². The Kier molecular flexibility index (Phi) is 5.12. The van der Waals surface area contributed by atoms with E-state index in [9.17, 15) is 4.79 Å². The summed E-state index contributed by atoms with van der Waals surface area (Å²) in [6.07, 6.45) is 3.33. The van der Waals surface area contributed by atoms with Crippen molar-refractivity contribution in [3.8, 4) is 11.5 Å². The maximum Gasteiger partial charge on any atom is 0.251 e. The Hall–Kier alpha value is -2.29. The first-order valence-corrected chi connectivity index (χ1v) is 9.05. The number of para-hydroxylation sites is 1. The van der Waals surface area contributed by atoms with Gasteiger partial charge in [0.05, 0.1) is 0 Å². The highest BCUT2D eigenvalue weighted by molar-refractivity contribution is 5.94. The normalized spacial score (nSPS) is 22.2. The molecule has 0 aliphatic heterocycles. The van der Waals surface area contributed by atoms with Gasteiger partial charge in [0.25, 0.3) is 5.91 Å². The molecule has 3 nitrogen and oxygen atoms in total. The van der Waals surface area contributed by atoms with Gasteiger partial charge in [0.2, 0.25) is 0 Å². The van der Waals surface area contributed by atoms with Gasteiger partial charge in [0, 0.05) is 11.6 Å². The third-order valence-corrected chi connectivity index (χ3v) is 4.82. The molecule has 0 spiro atoms. The van der Waals surface area contributed by atoms with Gasteiger partial charge in [-0.05, 0) is 67.0 Å². The van der Waals surface area contributed by atoms with E-state index in [-0.39, 0.29) is 11.9 Å². The summed E-state index contributed by atoms with van der Waals surface area (Å²) in [5.41, 5.74) is 0.972. The van der Waals surface area contributed by atoms with Crippen LogP contribution in [0.15, 0.2) is 54.6 Å². The van der Waals surface area contributed by atoms with Gasteiger partial charge in [-0.2, -0.15) is 0 Å². The third kappa shape index (κ3) is 4.85. The van der Waals surface area contributed by atoms with Crippen molar-refractivity contribution in [1.82, 2.24) is 5.32 Å². The van der Waals surface area contributed by atoms with Crippen molar-refractivity contribution in [2.24, 2.45) is 11.3 Å². The van der Waals surface area contributed by atoms with Gasteiger partial charge in [0.15, 0.2) is 0 Å². The summed E-state index contributed by atoms with van der Waals surface area (Å²) >= 11 is 0. The number of carbonyl (C=O) groups excluding carboxylic acids is 1. The second-order valence-corrected chi connectivity index (χ2v) is 8.02. The lowest BCUT2D eigenvalue weighted by atomic mass is 9.70. The Morgan fingerprint density at radius 3 is 2.28 bits per heavy atom. The van der Waals surface area contributed by atoms with Crippen LogP contribution < -0.4 is 10.1 Å². The summed E-state index contributed by atoms with van der Waals surface area (Å²) < 4.78 is 5.77. The molecule has 2 atom stereocenters. The van der Waals surface area contributed by atoms with Crippen molar-refractivity contribution in [1.29, 1.82) is 0 Å². The van der Waals surface area contributed by atoms with Crippen molar-refractivity contribution in [3.05, 3.63) is 60.2 Å². The number of benzene rings is 2. The summed E-state index contributed by atoms with van der Waals surface area (Å²) in [4.78, 5) is 12.5. The Labute approximate surface area is 150 Å². The van der Waals surface area contributed by atoms with Crippen LogP contribution in [0.3, 0.4) is 0 Å². The van der Waals surface area contributed by atoms with Crippen molar-refractivity contribution in [2.75, 3.05) is 0 Å². The molecule has 0 saturated heterocycles. The minimum atomic E-state index is 0.00108. The van der Waals surface area contributed by atoms with Gasteiger partial charge in [-0.1, -0.05) is 39.0 Å². The Morgan fingerprint density at radius 2 is 1.64 bits per heavy atom. The molecule has 3 rings (SSSR count). The summed E-state index contributed by atoms with van der Waals surface area (Å²) in [5, 5.41) is 3.21. The van der Waals surface area contributed by atoms with Crippen LogP contribution in [0, 0.1) is 11.3 Å². The summed E-state index contributed by atoms with van der Waals surface area (Å²) in [6, 6.07) is 17.2. The van der Waals surface area contributed by atoms with Crippen LogP contribution >= 0.6 is 0 Å². The molecular formula is C22H27NO2. The quantitative estimate of drug-likeness (QED) is 0.808. The lowest BCUT2D eigenvalue weighted by molar-refractivity contribution is 0.0874.